The molecule has 104 valence electrons. The van der Waals surface area contributed by atoms with Crippen LogP contribution in [0.2, 0.25) is 0 Å². The van der Waals surface area contributed by atoms with Crippen LogP contribution >= 0.6 is 0 Å². The summed E-state index contributed by atoms with van der Waals surface area (Å²) in [6.45, 7) is 1.49. The van der Waals surface area contributed by atoms with Crippen molar-refractivity contribution in [3.63, 3.8) is 0 Å². The molecule has 1 aliphatic heterocycles. The quantitative estimate of drug-likeness (QED) is 0.674. The molecule has 2 N–H and O–H groups in total. The first kappa shape index (κ1) is 13.7. The fraction of sp³-hybridized carbons (Fsp3) is 0.500. The summed E-state index contributed by atoms with van der Waals surface area (Å²) in [7, 11) is 0. The van der Waals surface area contributed by atoms with Gasteiger partial charge in [-0.1, -0.05) is 0 Å². The van der Waals surface area contributed by atoms with E-state index in [1.165, 1.54) is 0 Å². The lowest BCUT2D eigenvalue weighted by Gasteiger charge is -2.33. The Balaban J connectivity index is 2.40. The van der Waals surface area contributed by atoms with Gasteiger partial charge in [0, 0.05) is 25.2 Å². The maximum Gasteiger partial charge on any atom is 0.328 e. The topological polar surface area (TPSA) is 72.4 Å². The molecule has 1 aliphatic rings. The summed E-state index contributed by atoms with van der Waals surface area (Å²) in [5, 5.41) is 10.9. The number of anilines is 1. The minimum atomic E-state index is -1.14. The van der Waals surface area contributed by atoms with E-state index in [2.05, 4.69) is 0 Å². The van der Waals surface area contributed by atoms with Crippen molar-refractivity contribution < 1.29 is 13.7 Å². The molecule has 0 saturated carbocycles. The van der Waals surface area contributed by atoms with Crippen LogP contribution in [-0.2, 0) is 0 Å². The number of nitro groups is 1. The van der Waals surface area contributed by atoms with Gasteiger partial charge in [-0.3, -0.25) is 10.1 Å². The molecule has 19 heavy (non-hydrogen) atoms. The van der Waals surface area contributed by atoms with Gasteiger partial charge >= 0.3 is 5.69 Å². The average molecular weight is 271 g/mol. The Hall–Kier alpha value is -1.76. The molecule has 1 heterocycles. The van der Waals surface area contributed by atoms with E-state index in [-0.39, 0.29) is 11.6 Å². The number of hydrogen-bond acceptors (Lipinski definition) is 4. The fourth-order valence-corrected chi connectivity index (χ4v) is 2.45. The SMILES string of the molecule is NCC1CCCN(c2cc(F)cc(F)c2[N+](=O)[O-])C1. The standard InChI is InChI=1S/C12H15F2N3O2/c13-9-4-10(14)12(17(18)19)11(5-9)16-3-1-2-8(6-15)7-16/h4-5,8H,1-3,6-7,15H2. The minimum Gasteiger partial charge on any atom is -0.365 e. The second kappa shape index (κ2) is 5.48. The first-order valence-electron chi connectivity index (χ1n) is 6.11. The van der Waals surface area contributed by atoms with Crippen LogP contribution in [0, 0.1) is 27.7 Å². The third-order valence-electron chi connectivity index (χ3n) is 3.38. The van der Waals surface area contributed by atoms with E-state index in [1.807, 2.05) is 0 Å². The third-order valence-corrected chi connectivity index (χ3v) is 3.38. The highest BCUT2D eigenvalue weighted by Gasteiger charge is 2.28. The van der Waals surface area contributed by atoms with Crippen molar-refractivity contribution in [2.45, 2.75) is 12.8 Å². The lowest BCUT2D eigenvalue weighted by molar-refractivity contribution is -0.386. The Morgan fingerprint density at radius 1 is 1.47 bits per heavy atom. The van der Waals surface area contributed by atoms with Crippen LogP contribution < -0.4 is 10.6 Å². The smallest absolute Gasteiger partial charge is 0.328 e. The fourth-order valence-electron chi connectivity index (χ4n) is 2.45. The first-order chi connectivity index (χ1) is 9.02. The van der Waals surface area contributed by atoms with Gasteiger partial charge in [0.15, 0.2) is 0 Å². The second-order valence-electron chi connectivity index (χ2n) is 4.70. The number of benzene rings is 1. The Kier molecular flexibility index (Phi) is 3.94. The molecular weight excluding hydrogens is 256 g/mol. The first-order valence-corrected chi connectivity index (χ1v) is 6.11. The lowest BCUT2D eigenvalue weighted by Crippen LogP contribution is -2.38. The summed E-state index contributed by atoms with van der Waals surface area (Å²) < 4.78 is 26.9. The molecule has 0 spiro atoms. The van der Waals surface area contributed by atoms with Gasteiger partial charge in [0.1, 0.15) is 11.5 Å². The largest absolute Gasteiger partial charge is 0.365 e. The number of nitrogens with two attached hydrogens (primary N) is 1. The van der Waals surface area contributed by atoms with Crippen molar-refractivity contribution in [2.75, 3.05) is 24.5 Å². The summed E-state index contributed by atoms with van der Waals surface area (Å²) in [5.41, 5.74) is 4.93. The molecule has 1 unspecified atom stereocenters. The molecule has 0 aliphatic carbocycles. The maximum absolute atomic E-state index is 13.6. The Labute approximate surface area is 109 Å². The maximum atomic E-state index is 13.6. The molecule has 0 radical (unpaired) electrons. The highest BCUT2D eigenvalue weighted by molar-refractivity contribution is 5.64. The van der Waals surface area contributed by atoms with Gasteiger partial charge < -0.3 is 10.6 Å². The summed E-state index contributed by atoms with van der Waals surface area (Å²) in [6, 6.07) is 1.55. The summed E-state index contributed by atoms with van der Waals surface area (Å²) in [4.78, 5) is 11.8. The van der Waals surface area contributed by atoms with Gasteiger partial charge in [-0.2, -0.15) is 4.39 Å². The Morgan fingerprint density at radius 3 is 2.84 bits per heavy atom. The minimum absolute atomic E-state index is 0.000602. The molecule has 5 nitrogen and oxygen atoms in total. The highest BCUT2D eigenvalue weighted by atomic mass is 19.1. The van der Waals surface area contributed by atoms with Crippen LogP contribution in [-0.4, -0.2) is 24.6 Å². The number of nitro benzene ring substituents is 1. The zero-order valence-electron chi connectivity index (χ0n) is 10.3. The number of nitrogens with zero attached hydrogens (tertiary/aromatic N) is 2. The molecule has 1 fully saturated rings. The van der Waals surface area contributed by atoms with Gasteiger partial charge in [-0.05, 0) is 25.3 Å². The molecule has 1 aromatic rings. The molecule has 0 aromatic heterocycles. The number of rotatable bonds is 3. The number of hydrogen-bond donors (Lipinski definition) is 1. The Morgan fingerprint density at radius 2 is 2.21 bits per heavy atom. The predicted molar refractivity (Wildman–Crippen MR) is 67.0 cm³/mol. The van der Waals surface area contributed by atoms with Crippen molar-refractivity contribution in [1.29, 1.82) is 0 Å². The van der Waals surface area contributed by atoms with E-state index in [0.717, 1.165) is 18.9 Å². The summed E-state index contributed by atoms with van der Waals surface area (Å²) in [5.74, 6) is -1.76. The molecule has 1 saturated heterocycles. The monoisotopic (exact) mass is 271 g/mol. The van der Waals surface area contributed by atoms with E-state index in [9.17, 15) is 18.9 Å². The highest BCUT2D eigenvalue weighted by Crippen LogP contribution is 2.34. The number of piperidine rings is 1. The molecular formula is C12H15F2N3O2. The number of halogens is 2. The van der Waals surface area contributed by atoms with E-state index < -0.39 is 22.2 Å². The molecule has 0 bridgehead atoms. The zero-order valence-corrected chi connectivity index (χ0v) is 10.3. The van der Waals surface area contributed by atoms with E-state index in [0.29, 0.717) is 25.7 Å². The molecule has 0 amide bonds. The average Bonchev–Trinajstić information content (AvgIpc) is 2.37. The van der Waals surface area contributed by atoms with Crippen molar-refractivity contribution in [3.8, 4) is 0 Å². The van der Waals surface area contributed by atoms with Gasteiger partial charge in [0.2, 0.25) is 5.82 Å². The van der Waals surface area contributed by atoms with Crippen LogP contribution in [0.1, 0.15) is 12.8 Å². The third kappa shape index (κ3) is 2.81. The van der Waals surface area contributed by atoms with Crippen LogP contribution in [0.3, 0.4) is 0 Å². The predicted octanol–water partition coefficient (Wildman–Crippen LogP) is 2.05. The van der Waals surface area contributed by atoms with Crippen molar-refractivity contribution in [3.05, 3.63) is 33.9 Å². The zero-order chi connectivity index (χ0) is 14.0. The molecule has 1 aromatic carbocycles. The van der Waals surface area contributed by atoms with Crippen molar-refractivity contribution in [2.24, 2.45) is 11.7 Å². The van der Waals surface area contributed by atoms with Crippen LogP contribution in [0.15, 0.2) is 12.1 Å². The van der Waals surface area contributed by atoms with Gasteiger partial charge in [0.25, 0.3) is 0 Å². The van der Waals surface area contributed by atoms with Crippen LogP contribution in [0.5, 0.6) is 0 Å². The second-order valence-corrected chi connectivity index (χ2v) is 4.70. The lowest BCUT2D eigenvalue weighted by atomic mass is 9.97. The van der Waals surface area contributed by atoms with E-state index in [1.54, 1.807) is 4.90 Å². The summed E-state index contributed by atoms with van der Waals surface area (Å²) >= 11 is 0. The van der Waals surface area contributed by atoms with Crippen LogP contribution in [0.25, 0.3) is 0 Å². The van der Waals surface area contributed by atoms with Crippen molar-refractivity contribution in [1.82, 2.24) is 0 Å². The van der Waals surface area contributed by atoms with E-state index in [4.69, 9.17) is 5.73 Å². The van der Waals surface area contributed by atoms with Crippen LogP contribution in [0.4, 0.5) is 20.2 Å². The Bertz CT molecular complexity index is 496. The molecule has 1 atom stereocenters. The van der Waals surface area contributed by atoms with E-state index >= 15 is 0 Å². The normalized spacial score (nSPS) is 19.5. The summed E-state index contributed by atoms with van der Waals surface area (Å²) in [6.07, 6.45) is 1.73. The molecule has 7 heteroatoms. The molecule has 2 rings (SSSR count). The van der Waals surface area contributed by atoms with Gasteiger partial charge in [0.05, 0.1) is 4.92 Å². The van der Waals surface area contributed by atoms with Crippen molar-refractivity contribution >= 4 is 11.4 Å². The van der Waals surface area contributed by atoms with Gasteiger partial charge in [-0.25, -0.2) is 4.39 Å². The van der Waals surface area contributed by atoms with Gasteiger partial charge in [-0.15, -0.1) is 0 Å².